The Balaban J connectivity index is 2.00. The third kappa shape index (κ3) is 5.26. The number of rotatable bonds is 8. The van der Waals surface area contributed by atoms with Crippen molar-refractivity contribution in [2.45, 2.75) is 13.3 Å². The molecule has 2 aromatic rings. The predicted octanol–water partition coefficient (Wildman–Crippen LogP) is 1.58. The summed E-state index contributed by atoms with van der Waals surface area (Å²) >= 11 is 1.20. The number of nitrogens with one attached hydrogen (secondary N) is 2. The van der Waals surface area contributed by atoms with Crippen LogP contribution in [0.15, 0.2) is 29.6 Å². The van der Waals surface area contributed by atoms with E-state index in [4.69, 9.17) is 5.11 Å². The average Bonchev–Trinajstić information content (AvgIpc) is 3.04. The van der Waals surface area contributed by atoms with E-state index in [1.54, 1.807) is 12.1 Å². The van der Waals surface area contributed by atoms with E-state index in [1.165, 1.54) is 35.8 Å². The van der Waals surface area contributed by atoms with Crippen molar-refractivity contribution in [3.8, 4) is 0 Å². The Morgan fingerprint density at radius 2 is 2.00 bits per heavy atom. The molecule has 0 saturated heterocycles. The minimum atomic E-state index is -3.49. The number of hydrogen-bond acceptors (Lipinski definition) is 6. The zero-order chi connectivity index (χ0) is 18.4. The molecule has 1 aromatic carbocycles. The number of hydrogen-bond donors (Lipinski definition) is 3. The van der Waals surface area contributed by atoms with Gasteiger partial charge in [-0.05, 0) is 19.1 Å². The molecule has 0 aliphatic rings. The maximum Gasteiger partial charge on any atom is 0.355 e. The maximum atomic E-state index is 12.3. The van der Waals surface area contributed by atoms with Gasteiger partial charge in [-0.1, -0.05) is 12.1 Å². The molecule has 0 fully saturated rings. The second-order valence-electron chi connectivity index (χ2n) is 4.99. The number of thiazole rings is 1. The Kier molecular flexibility index (Phi) is 6.10. The number of amides is 1. The molecule has 25 heavy (non-hydrogen) atoms. The van der Waals surface area contributed by atoms with Crippen LogP contribution in [0.2, 0.25) is 0 Å². The summed E-state index contributed by atoms with van der Waals surface area (Å²) < 4.78 is 25.8. The Morgan fingerprint density at radius 1 is 1.28 bits per heavy atom. The topological polar surface area (TPSA) is 125 Å². The molecule has 1 heterocycles. The lowest BCUT2D eigenvalue weighted by molar-refractivity contribution is 0.0690. The third-order valence-corrected chi connectivity index (χ3v) is 5.41. The van der Waals surface area contributed by atoms with Crippen LogP contribution in [0.25, 0.3) is 0 Å². The van der Waals surface area contributed by atoms with Gasteiger partial charge in [0.25, 0.3) is 5.91 Å². The van der Waals surface area contributed by atoms with Crippen LogP contribution in [-0.2, 0) is 16.4 Å². The second-order valence-corrected chi connectivity index (χ2v) is 7.94. The highest BCUT2D eigenvalue weighted by atomic mass is 32.2. The fourth-order valence-corrected chi connectivity index (χ4v) is 3.34. The van der Waals surface area contributed by atoms with Gasteiger partial charge >= 0.3 is 5.97 Å². The van der Waals surface area contributed by atoms with Crippen molar-refractivity contribution in [2.24, 2.45) is 0 Å². The standard InChI is InChI=1S/C15H17N3O5S2/c1-2-25(22,23)18-11-6-4-3-5-10(11)14(19)16-8-7-13-17-12(9-24-13)15(20)21/h3-6,9,18H,2,7-8H2,1H3,(H,16,19)(H,20,21). The van der Waals surface area contributed by atoms with E-state index in [9.17, 15) is 18.0 Å². The number of carbonyl (C=O) groups excluding carboxylic acids is 1. The van der Waals surface area contributed by atoms with E-state index < -0.39 is 21.9 Å². The van der Waals surface area contributed by atoms with Crippen LogP contribution in [0.4, 0.5) is 5.69 Å². The highest BCUT2D eigenvalue weighted by Crippen LogP contribution is 2.17. The summed E-state index contributed by atoms with van der Waals surface area (Å²) in [7, 11) is -3.49. The smallest absolute Gasteiger partial charge is 0.355 e. The molecule has 8 nitrogen and oxygen atoms in total. The van der Waals surface area contributed by atoms with Crippen LogP contribution in [0.1, 0.15) is 32.8 Å². The van der Waals surface area contributed by atoms with Gasteiger partial charge < -0.3 is 10.4 Å². The van der Waals surface area contributed by atoms with Gasteiger partial charge in [-0.15, -0.1) is 11.3 Å². The summed E-state index contributed by atoms with van der Waals surface area (Å²) in [6.07, 6.45) is 0.381. The SMILES string of the molecule is CCS(=O)(=O)Nc1ccccc1C(=O)NCCc1nc(C(=O)O)cs1. The van der Waals surface area contributed by atoms with Gasteiger partial charge in [0.1, 0.15) is 0 Å². The molecule has 2 rings (SSSR count). The molecule has 1 amide bonds. The lowest BCUT2D eigenvalue weighted by Gasteiger charge is -2.11. The largest absolute Gasteiger partial charge is 0.476 e. The molecule has 0 unspecified atom stereocenters. The lowest BCUT2D eigenvalue weighted by Crippen LogP contribution is -2.27. The summed E-state index contributed by atoms with van der Waals surface area (Å²) in [6.45, 7) is 1.75. The number of nitrogens with zero attached hydrogens (tertiary/aromatic N) is 1. The van der Waals surface area contributed by atoms with Gasteiger partial charge in [0.05, 0.1) is 22.0 Å². The first kappa shape index (κ1) is 18.9. The van der Waals surface area contributed by atoms with Crippen molar-refractivity contribution in [2.75, 3.05) is 17.0 Å². The number of anilines is 1. The first-order chi connectivity index (χ1) is 11.8. The van der Waals surface area contributed by atoms with Gasteiger partial charge in [0.2, 0.25) is 10.0 Å². The molecule has 0 bridgehead atoms. The van der Waals surface area contributed by atoms with Crippen LogP contribution >= 0.6 is 11.3 Å². The minimum absolute atomic E-state index is 0.0226. The molecule has 0 atom stereocenters. The molecule has 0 saturated carbocycles. The molecular weight excluding hydrogens is 366 g/mol. The first-order valence-corrected chi connectivity index (χ1v) is 9.91. The molecule has 0 aliphatic carbocycles. The number of sulfonamides is 1. The van der Waals surface area contributed by atoms with Crippen LogP contribution in [0, 0.1) is 0 Å². The Morgan fingerprint density at radius 3 is 2.64 bits per heavy atom. The van der Waals surface area contributed by atoms with Crippen LogP contribution in [-0.4, -0.2) is 42.7 Å². The fourth-order valence-electron chi connectivity index (χ4n) is 1.91. The van der Waals surface area contributed by atoms with E-state index in [2.05, 4.69) is 15.0 Å². The van der Waals surface area contributed by atoms with Crippen LogP contribution < -0.4 is 10.0 Å². The molecule has 1 aromatic heterocycles. The normalized spacial score (nSPS) is 11.1. The first-order valence-electron chi connectivity index (χ1n) is 7.38. The van der Waals surface area contributed by atoms with Gasteiger partial charge in [0, 0.05) is 18.3 Å². The molecule has 0 radical (unpaired) electrons. The molecule has 0 aliphatic heterocycles. The number of carboxylic acid groups (broad SMARTS) is 1. The van der Waals surface area contributed by atoms with E-state index in [0.29, 0.717) is 11.4 Å². The Labute approximate surface area is 149 Å². The highest BCUT2D eigenvalue weighted by molar-refractivity contribution is 7.92. The van der Waals surface area contributed by atoms with Gasteiger partial charge in [-0.3, -0.25) is 9.52 Å². The summed E-state index contributed by atoms with van der Waals surface area (Å²) in [5.74, 6) is -1.62. The zero-order valence-electron chi connectivity index (χ0n) is 13.4. The zero-order valence-corrected chi connectivity index (χ0v) is 15.0. The van der Waals surface area contributed by atoms with Crippen molar-refractivity contribution in [1.29, 1.82) is 0 Å². The number of carboxylic acids is 1. The summed E-state index contributed by atoms with van der Waals surface area (Å²) in [6, 6.07) is 6.31. The maximum absolute atomic E-state index is 12.3. The lowest BCUT2D eigenvalue weighted by atomic mass is 10.1. The summed E-state index contributed by atoms with van der Waals surface area (Å²) in [5.41, 5.74) is 0.403. The van der Waals surface area contributed by atoms with E-state index in [0.717, 1.165) is 0 Å². The van der Waals surface area contributed by atoms with Crippen molar-refractivity contribution in [3.63, 3.8) is 0 Å². The molecular formula is C15H17N3O5S2. The number of carbonyl (C=O) groups is 2. The van der Waals surface area contributed by atoms with Crippen LogP contribution in [0.5, 0.6) is 0 Å². The Bertz CT molecular complexity index is 877. The summed E-state index contributed by atoms with van der Waals surface area (Å²) in [5, 5.41) is 13.5. The fraction of sp³-hybridized carbons (Fsp3) is 0.267. The number of aromatic carboxylic acids is 1. The highest BCUT2D eigenvalue weighted by Gasteiger charge is 2.15. The Hall–Kier alpha value is -2.46. The van der Waals surface area contributed by atoms with E-state index >= 15 is 0 Å². The quantitative estimate of drug-likeness (QED) is 0.635. The summed E-state index contributed by atoms with van der Waals surface area (Å²) in [4.78, 5) is 27.0. The van der Waals surface area contributed by atoms with Crippen molar-refractivity contribution >= 4 is 38.9 Å². The predicted molar refractivity (Wildman–Crippen MR) is 94.6 cm³/mol. The van der Waals surface area contributed by atoms with Crippen molar-refractivity contribution < 1.29 is 23.1 Å². The molecule has 3 N–H and O–H groups in total. The molecule has 0 spiro atoms. The van der Waals surface area contributed by atoms with Gasteiger partial charge in [0.15, 0.2) is 5.69 Å². The van der Waals surface area contributed by atoms with E-state index in [1.807, 2.05) is 0 Å². The van der Waals surface area contributed by atoms with E-state index in [-0.39, 0.29) is 29.2 Å². The van der Waals surface area contributed by atoms with Gasteiger partial charge in [-0.25, -0.2) is 18.2 Å². The average molecular weight is 383 g/mol. The van der Waals surface area contributed by atoms with Crippen molar-refractivity contribution in [1.82, 2.24) is 10.3 Å². The van der Waals surface area contributed by atoms with Gasteiger partial charge in [-0.2, -0.15) is 0 Å². The number of para-hydroxylation sites is 1. The van der Waals surface area contributed by atoms with Crippen LogP contribution in [0.3, 0.4) is 0 Å². The molecule has 10 heteroatoms. The van der Waals surface area contributed by atoms with Crippen molar-refractivity contribution in [3.05, 3.63) is 45.9 Å². The second kappa shape index (κ2) is 8.08. The number of benzene rings is 1. The minimum Gasteiger partial charge on any atom is -0.476 e. The molecule has 134 valence electrons. The third-order valence-electron chi connectivity index (χ3n) is 3.21. The number of aromatic nitrogens is 1. The monoisotopic (exact) mass is 383 g/mol.